The van der Waals surface area contributed by atoms with Crippen molar-refractivity contribution in [2.75, 3.05) is 7.11 Å². The van der Waals surface area contributed by atoms with E-state index in [1.54, 1.807) is 31.4 Å². The van der Waals surface area contributed by atoms with Crippen molar-refractivity contribution >= 4 is 11.8 Å². The predicted molar refractivity (Wildman–Crippen MR) is 72.9 cm³/mol. The molecule has 5 nitrogen and oxygen atoms in total. The highest BCUT2D eigenvalue weighted by Crippen LogP contribution is 2.12. The fraction of sp³-hybridized carbons (Fsp3) is 0.429. The molecule has 1 rings (SSSR count). The second kappa shape index (κ2) is 6.78. The summed E-state index contributed by atoms with van der Waals surface area (Å²) in [6.07, 6.45) is 0.525. The maximum absolute atomic E-state index is 12.0. The molecular weight excluding hydrogens is 244 g/mol. The van der Waals surface area contributed by atoms with Crippen LogP contribution in [0.1, 0.15) is 30.6 Å². The van der Waals surface area contributed by atoms with E-state index in [0.717, 1.165) is 0 Å². The molecule has 5 heteroatoms. The van der Waals surface area contributed by atoms with Crippen LogP contribution in [0.4, 0.5) is 0 Å². The smallest absolute Gasteiger partial charge is 0.251 e. The Morgan fingerprint density at radius 3 is 2.26 bits per heavy atom. The molecule has 0 bridgehead atoms. The van der Waals surface area contributed by atoms with E-state index in [1.165, 1.54) is 0 Å². The molecule has 19 heavy (non-hydrogen) atoms. The van der Waals surface area contributed by atoms with Crippen LogP contribution in [0.5, 0.6) is 5.75 Å². The van der Waals surface area contributed by atoms with Gasteiger partial charge in [0.1, 0.15) is 11.8 Å². The number of nitrogens with one attached hydrogen (secondary N) is 1. The summed E-state index contributed by atoms with van der Waals surface area (Å²) in [7, 11) is 1.56. The van der Waals surface area contributed by atoms with E-state index in [9.17, 15) is 9.59 Å². The Bertz CT molecular complexity index is 441. The normalized spacial score (nSPS) is 12.0. The Morgan fingerprint density at radius 1 is 1.26 bits per heavy atom. The summed E-state index contributed by atoms with van der Waals surface area (Å²) < 4.78 is 5.02. The van der Waals surface area contributed by atoms with Crippen molar-refractivity contribution in [3.8, 4) is 5.75 Å². The number of nitrogens with two attached hydrogens (primary N) is 1. The summed E-state index contributed by atoms with van der Waals surface area (Å²) in [5.74, 6) is 0.113. The molecule has 104 valence electrons. The Morgan fingerprint density at radius 2 is 1.84 bits per heavy atom. The first-order valence-electron chi connectivity index (χ1n) is 6.18. The maximum Gasteiger partial charge on any atom is 0.251 e. The molecule has 0 radical (unpaired) electrons. The number of amides is 2. The number of hydrogen-bond acceptors (Lipinski definition) is 3. The van der Waals surface area contributed by atoms with Crippen LogP contribution < -0.4 is 15.8 Å². The largest absolute Gasteiger partial charge is 0.497 e. The maximum atomic E-state index is 12.0. The van der Waals surface area contributed by atoms with Gasteiger partial charge in [0.05, 0.1) is 7.11 Å². The van der Waals surface area contributed by atoms with Crippen LogP contribution in [0.3, 0.4) is 0 Å². The third-order valence-corrected chi connectivity index (χ3v) is 2.71. The monoisotopic (exact) mass is 264 g/mol. The minimum atomic E-state index is -0.644. The molecule has 1 atom stereocenters. The Labute approximate surface area is 113 Å². The van der Waals surface area contributed by atoms with Crippen molar-refractivity contribution in [2.24, 2.45) is 11.7 Å². The van der Waals surface area contributed by atoms with Gasteiger partial charge in [-0.15, -0.1) is 0 Å². The number of carbonyl (C=O) groups excluding carboxylic acids is 2. The van der Waals surface area contributed by atoms with E-state index in [4.69, 9.17) is 10.5 Å². The number of rotatable bonds is 6. The van der Waals surface area contributed by atoms with Crippen LogP contribution in [-0.2, 0) is 4.79 Å². The third kappa shape index (κ3) is 4.62. The van der Waals surface area contributed by atoms with E-state index in [2.05, 4.69) is 5.32 Å². The molecule has 0 fully saturated rings. The number of primary amides is 1. The van der Waals surface area contributed by atoms with Crippen LogP contribution in [0, 0.1) is 5.92 Å². The highest BCUT2D eigenvalue weighted by molar-refractivity contribution is 5.97. The summed E-state index contributed by atoms with van der Waals surface area (Å²) in [6.45, 7) is 3.94. The van der Waals surface area contributed by atoms with Crippen molar-refractivity contribution in [3.05, 3.63) is 29.8 Å². The van der Waals surface area contributed by atoms with E-state index < -0.39 is 11.9 Å². The fourth-order valence-electron chi connectivity index (χ4n) is 1.70. The predicted octanol–water partition coefficient (Wildman–Crippen LogP) is 1.32. The molecule has 0 aromatic heterocycles. The average molecular weight is 264 g/mol. The minimum Gasteiger partial charge on any atom is -0.497 e. The van der Waals surface area contributed by atoms with E-state index in [1.807, 2.05) is 13.8 Å². The second-order valence-corrected chi connectivity index (χ2v) is 4.79. The topological polar surface area (TPSA) is 81.4 Å². The highest BCUT2D eigenvalue weighted by atomic mass is 16.5. The van der Waals surface area contributed by atoms with Gasteiger partial charge < -0.3 is 15.8 Å². The fourth-order valence-corrected chi connectivity index (χ4v) is 1.70. The lowest BCUT2D eigenvalue weighted by Gasteiger charge is -2.17. The quantitative estimate of drug-likeness (QED) is 0.813. The summed E-state index contributed by atoms with van der Waals surface area (Å²) >= 11 is 0. The van der Waals surface area contributed by atoms with Crippen molar-refractivity contribution < 1.29 is 14.3 Å². The molecule has 1 aromatic rings. The van der Waals surface area contributed by atoms with Crippen molar-refractivity contribution in [1.29, 1.82) is 0 Å². The van der Waals surface area contributed by atoms with Crippen molar-refractivity contribution in [2.45, 2.75) is 26.3 Å². The molecule has 0 heterocycles. The summed E-state index contributed by atoms with van der Waals surface area (Å²) in [6, 6.07) is 6.02. The number of hydrogen-bond donors (Lipinski definition) is 2. The van der Waals surface area contributed by atoms with Gasteiger partial charge in [-0.05, 0) is 36.6 Å². The van der Waals surface area contributed by atoms with E-state index in [-0.39, 0.29) is 11.8 Å². The first-order valence-corrected chi connectivity index (χ1v) is 6.18. The standard InChI is InChI=1S/C14H20N2O3/c1-9(2)8-12(13(15)17)16-14(18)10-4-6-11(19-3)7-5-10/h4-7,9,12H,8H2,1-3H3,(H2,15,17)(H,16,18). The molecular formula is C14H20N2O3. The van der Waals surface area contributed by atoms with Crippen LogP contribution in [-0.4, -0.2) is 25.0 Å². The van der Waals surface area contributed by atoms with Gasteiger partial charge in [-0.25, -0.2) is 0 Å². The van der Waals surface area contributed by atoms with Gasteiger partial charge in [-0.2, -0.15) is 0 Å². The number of carbonyl (C=O) groups is 2. The molecule has 2 amide bonds. The highest BCUT2D eigenvalue weighted by Gasteiger charge is 2.19. The molecule has 0 aliphatic rings. The second-order valence-electron chi connectivity index (χ2n) is 4.79. The van der Waals surface area contributed by atoms with Gasteiger partial charge in [0.2, 0.25) is 5.91 Å². The first kappa shape index (κ1) is 15.0. The Kier molecular flexibility index (Phi) is 5.36. The van der Waals surface area contributed by atoms with Gasteiger partial charge in [-0.3, -0.25) is 9.59 Å². The summed E-state index contributed by atoms with van der Waals surface area (Å²) in [5, 5.41) is 2.65. The molecule has 3 N–H and O–H groups in total. The Balaban J connectivity index is 2.72. The van der Waals surface area contributed by atoms with E-state index in [0.29, 0.717) is 17.7 Å². The van der Waals surface area contributed by atoms with Gasteiger partial charge >= 0.3 is 0 Å². The molecule has 0 spiro atoms. The first-order chi connectivity index (χ1) is 8.93. The van der Waals surface area contributed by atoms with Crippen molar-refractivity contribution in [1.82, 2.24) is 5.32 Å². The summed E-state index contributed by atoms with van der Waals surface area (Å²) in [4.78, 5) is 23.3. The Hall–Kier alpha value is -2.04. The lowest BCUT2D eigenvalue weighted by molar-refractivity contribution is -0.120. The molecule has 0 saturated heterocycles. The molecule has 1 aromatic carbocycles. The minimum absolute atomic E-state index is 0.272. The third-order valence-electron chi connectivity index (χ3n) is 2.71. The zero-order valence-corrected chi connectivity index (χ0v) is 11.5. The zero-order valence-electron chi connectivity index (χ0n) is 11.5. The van der Waals surface area contributed by atoms with Gasteiger partial charge in [0, 0.05) is 5.56 Å². The SMILES string of the molecule is COc1ccc(C(=O)NC(CC(C)C)C(N)=O)cc1. The van der Waals surface area contributed by atoms with Crippen molar-refractivity contribution in [3.63, 3.8) is 0 Å². The zero-order chi connectivity index (χ0) is 14.4. The van der Waals surface area contributed by atoms with Gasteiger partial charge in [0.25, 0.3) is 5.91 Å². The lowest BCUT2D eigenvalue weighted by Crippen LogP contribution is -2.45. The molecule has 0 aliphatic carbocycles. The molecule has 0 saturated carbocycles. The van der Waals surface area contributed by atoms with Crippen LogP contribution in [0.2, 0.25) is 0 Å². The van der Waals surface area contributed by atoms with Crippen LogP contribution in [0.25, 0.3) is 0 Å². The van der Waals surface area contributed by atoms with Gasteiger partial charge in [0.15, 0.2) is 0 Å². The number of ether oxygens (including phenoxy) is 1. The van der Waals surface area contributed by atoms with Crippen LogP contribution >= 0.6 is 0 Å². The van der Waals surface area contributed by atoms with E-state index >= 15 is 0 Å². The molecule has 0 aliphatic heterocycles. The lowest BCUT2D eigenvalue weighted by atomic mass is 10.0. The summed E-state index contributed by atoms with van der Waals surface area (Å²) in [5.41, 5.74) is 5.75. The number of benzene rings is 1. The molecule has 1 unspecified atom stereocenters. The number of methoxy groups -OCH3 is 1. The average Bonchev–Trinajstić information content (AvgIpc) is 2.37. The van der Waals surface area contributed by atoms with Gasteiger partial charge in [-0.1, -0.05) is 13.8 Å². The van der Waals surface area contributed by atoms with Crippen LogP contribution in [0.15, 0.2) is 24.3 Å².